The fraction of sp³-hybridized carbons (Fsp3) is 0.333. The van der Waals surface area contributed by atoms with Crippen molar-refractivity contribution in [3.63, 3.8) is 0 Å². The molecule has 1 aromatic heterocycles. The standard InChI is InChI=1S/C21H23N3O2/c1-14-18-13-22-24-19(18)11-12-20(14)26-17-9-7-16(8-10-17)23-21(25)15-5-3-2-4-6-15/h2-6,11-13,16-17H,7-10H2,1H3,(H,22,24)(H,23,25). The van der Waals surface area contributed by atoms with Gasteiger partial charge in [0.25, 0.3) is 5.91 Å². The molecule has 0 saturated heterocycles. The average Bonchev–Trinajstić information content (AvgIpc) is 3.16. The Morgan fingerprint density at radius 2 is 1.88 bits per heavy atom. The van der Waals surface area contributed by atoms with Crippen molar-refractivity contribution in [2.45, 2.75) is 44.8 Å². The lowest BCUT2D eigenvalue weighted by atomic mass is 9.92. The van der Waals surface area contributed by atoms with E-state index in [0.29, 0.717) is 0 Å². The number of benzene rings is 2. The molecule has 1 saturated carbocycles. The van der Waals surface area contributed by atoms with E-state index in [9.17, 15) is 4.79 Å². The van der Waals surface area contributed by atoms with E-state index in [0.717, 1.165) is 53.5 Å². The molecule has 0 spiro atoms. The Kier molecular flexibility index (Phi) is 4.61. The number of nitrogens with zero attached hydrogens (tertiary/aromatic N) is 1. The third kappa shape index (κ3) is 3.43. The van der Waals surface area contributed by atoms with Crippen molar-refractivity contribution >= 4 is 16.8 Å². The number of hydrogen-bond acceptors (Lipinski definition) is 3. The first-order chi connectivity index (χ1) is 12.7. The van der Waals surface area contributed by atoms with Crippen LogP contribution in [0.4, 0.5) is 0 Å². The van der Waals surface area contributed by atoms with Gasteiger partial charge in [-0.2, -0.15) is 5.10 Å². The molecule has 134 valence electrons. The third-order valence-electron chi connectivity index (χ3n) is 5.18. The molecular formula is C21H23N3O2. The zero-order chi connectivity index (χ0) is 17.9. The number of amides is 1. The van der Waals surface area contributed by atoms with E-state index in [4.69, 9.17) is 4.74 Å². The van der Waals surface area contributed by atoms with Gasteiger partial charge in [-0.15, -0.1) is 0 Å². The van der Waals surface area contributed by atoms with Gasteiger partial charge in [0, 0.05) is 22.6 Å². The van der Waals surface area contributed by atoms with Crippen molar-refractivity contribution in [3.8, 4) is 5.75 Å². The lowest BCUT2D eigenvalue weighted by Crippen LogP contribution is -2.39. The van der Waals surface area contributed by atoms with Crippen LogP contribution in [0.1, 0.15) is 41.6 Å². The average molecular weight is 349 g/mol. The monoisotopic (exact) mass is 349 g/mol. The summed E-state index contributed by atoms with van der Waals surface area (Å²) in [7, 11) is 0. The number of ether oxygens (including phenoxy) is 1. The first-order valence-corrected chi connectivity index (χ1v) is 9.16. The summed E-state index contributed by atoms with van der Waals surface area (Å²) in [5.41, 5.74) is 2.87. The van der Waals surface area contributed by atoms with Gasteiger partial charge in [0.05, 0.1) is 17.8 Å². The van der Waals surface area contributed by atoms with Crippen molar-refractivity contribution in [2.24, 2.45) is 0 Å². The van der Waals surface area contributed by atoms with Gasteiger partial charge in [0.1, 0.15) is 5.75 Å². The van der Waals surface area contributed by atoms with E-state index in [-0.39, 0.29) is 18.1 Å². The van der Waals surface area contributed by atoms with Gasteiger partial charge in [-0.05, 0) is 56.9 Å². The highest BCUT2D eigenvalue weighted by molar-refractivity contribution is 5.94. The summed E-state index contributed by atoms with van der Waals surface area (Å²) in [5, 5.41) is 11.3. The second-order valence-corrected chi connectivity index (χ2v) is 6.95. The fourth-order valence-corrected chi connectivity index (χ4v) is 3.63. The zero-order valence-electron chi connectivity index (χ0n) is 14.9. The summed E-state index contributed by atoms with van der Waals surface area (Å²) in [4.78, 5) is 12.3. The van der Waals surface area contributed by atoms with Gasteiger partial charge in [-0.1, -0.05) is 18.2 Å². The molecule has 4 rings (SSSR count). The molecule has 0 unspecified atom stereocenters. The second-order valence-electron chi connectivity index (χ2n) is 6.95. The summed E-state index contributed by atoms with van der Waals surface area (Å²) in [6, 6.07) is 13.6. The van der Waals surface area contributed by atoms with Crippen LogP contribution in [0.2, 0.25) is 0 Å². The fourth-order valence-electron chi connectivity index (χ4n) is 3.63. The molecule has 3 aromatic rings. The molecule has 1 heterocycles. The predicted molar refractivity (Wildman–Crippen MR) is 101 cm³/mol. The van der Waals surface area contributed by atoms with Crippen molar-refractivity contribution in [1.29, 1.82) is 0 Å². The highest BCUT2D eigenvalue weighted by Gasteiger charge is 2.24. The number of aromatic amines is 1. The normalized spacial score (nSPS) is 20.0. The molecule has 1 aliphatic rings. The molecule has 0 radical (unpaired) electrons. The molecule has 26 heavy (non-hydrogen) atoms. The van der Waals surface area contributed by atoms with E-state index >= 15 is 0 Å². The van der Waals surface area contributed by atoms with Gasteiger partial charge < -0.3 is 10.1 Å². The molecule has 5 nitrogen and oxygen atoms in total. The van der Waals surface area contributed by atoms with E-state index in [1.165, 1.54) is 0 Å². The lowest BCUT2D eigenvalue weighted by molar-refractivity contribution is 0.0893. The number of carbonyl (C=O) groups excluding carboxylic acids is 1. The summed E-state index contributed by atoms with van der Waals surface area (Å²) in [5.74, 6) is 0.937. The van der Waals surface area contributed by atoms with Gasteiger partial charge in [0.15, 0.2) is 0 Å². The third-order valence-corrected chi connectivity index (χ3v) is 5.18. The van der Waals surface area contributed by atoms with Gasteiger partial charge in [-0.3, -0.25) is 9.89 Å². The van der Waals surface area contributed by atoms with Crippen LogP contribution in [-0.2, 0) is 0 Å². The van der Waals surface area contributed by atoms with Crippen LogP contribution in [0.25, 0.3) is 10.9 Å². The van der Waals surface area contributed by atoms with E-state index in [1.807, 2.05) is 48.7 Å². The molecular weight excluding hydrogens is 326 g/mol. The maximum Gasteiger partial charge on any atom is 0.251 e. The highest BCUT2D eigenvalue weighted by atomic mass is 16.5. The van der Waals surface area contributed by atoms with Crippen molar-refractivity contribution in [2.75, 3.05) is 0 Å². The van der Waals surface area contributed by atoms with Crippen LogP contribution in [0, 0.1) is 6.92 Å². The van der Waals surface area contributed by atoms with Crippen LogP contribution in [0.3, 0.4) is 0 Å². The molecule has 0 bridgehead atoms. The number of aryl methyl sites for hydroxylation is 1. The van der Waals surface area contributed by atoms with E-state index in [1.54, 1.807) is 0 Å². The molecule has 1 fully saturated rings. The minimum Gasteiger partial charge on any atom is -0.490 e. The number of aromatic nitrogens is 2. The Labute approximate surface area is 152 Å². The second kappa shape index (κ2) is 7.20. The van der Waals surface area contributed by atoms with Crippen molar-refractivity contribution < 1.29 is 9.53 Å². The Bertz CT molecular complexity index is 896. The van der Waals surface area contributed by atoms with Crippen LogP contribution >= 0.6 is 0 Å². The SMILES string of the molecule is Cc1c(OC2CCC(NC(=O)c3ccccc3)CC2)ccc2[nH]ncc12. The quantitative estimate of drug-likeness (QED) is 0.748. The molecule has 0 atom stereocenters. The van der Waals surface area contributed by atoms with E-state index < -0.39 is 0 Å². The number of fused-ring (bicyclic) bond motifs is 1. The molecule has 1 amide bonds. The zero-order valence-corrected chi connectivity index (χ0v) is 14.9. The lowest BCUT2D eigenvalue weighted by Gasteiger charge is -2.30. The molecule has 0 aliphatic heterocycles. The molecule has 5 heteroatoms. The number of nitrogens with one attached hydrogen (secondary N) is 2. The highest BCUT2D eigenvalue weighted by Crippen LogP contribution is 2.30. The van der Waals surface area contributed by atoms with Crippen LogP contribution in [0.15, 0.2) is 48.7 Å². The number of rotatable bonds is 4. The topological polar surface area (TPSA) is 67.0 Å². The van der Waals surface area contributed by atoms with Gasteiger partial charge in [-0.25, -0.2) is 0 Å². The van der Waals surface area contributed by atoms with E-state index in [2.05, 4.69) is 22.4 Å². The maximum absolute atomic E-state index is 12.3. The number of H-pyrrole nitrogens is 1. The van der Waals surface area contributed by atoms with Crippen molar-refractivity contribution in [1.82, 2.24) is 15.5 Å². The summed E-state index contributed by atoms with van der Waals surface area (Å²) in [6.07, 6.45) is 5.81. The Morgan fingerprint density at radius 3 is 2.65 bits per heavy atom. The Morgan fingerprint density at radius 1 is 1.12 bits per heavy atom. The summed E-state index contributed by atoms with van der Waals surface area (Å²) < 4.78 is 6.25. The first kappa shape index (κ1) is 16.6. The van der Waals surface area contributed by atoms with Gasteiger partial charge >= 0.3 is 0 Å². The van der Waals surface area contributed by atoms with Gasteiger partial charge in [0.2, 0.25) is 0 Å². The van der Waals surface area contributed by atoms with Crippen LogP contribution < -0.4 is 10.1 Å². The molecule has 1 aliphatic carbocycles. The maximum atomic E-state index is 12.3. The number of hydrogen-bond donors (Lipinski definition) is 2. The van der Waals surface area contributed by atoms with Crippen molar-refractivity contribution in [3.05, 3.63) is 59.8 Å². The van der Waals surface area contributed by atoms with Crippen LogP contribution in [0.5, 0.6) is 5.75 Å². The van der Waals surface area contributed by atoms with Crippen LogP contribution in [-0.4, -0.2) is 28.3 Å². The Balaban J connectivity index is 1.33. The minimum atomic E-state index is 0.0104. The number of carbonyl (C=O) groups is 1. The smallest absolute Gasteiger partial charge is 0.251 e. The first-order valence-electron chi connectivity index (χ1n) is 9.16. The Hall–Kier alpha value is -2.82. The predicted octanol–water partition coefficient (Wildman–Crippen LogP) is 3.99. The molecule has 2 aromatic carbocycles. The summed E-state index contributed by atoms with van der Waals surface area (Å²) >= 11 is 0. The molecule has 2 N–H and O–H groups in total. The largest absolute Gasteiger partial charge is 0.490 e. The summed E-state index contributed by atoms with van der Waals surface area (Å²) in [6.45, 7) is 2.07. The minimum absolute atomic E-state index is 0.0104.